The highest BCUT2D eigenvalue weighted by atomic mass is 32.2. The first-order valence-electron chi connectivity index (χ1n) is 6.16. The number of ether oxygens (including phenoxy) is 1. The summed E-state index contributed by atoms with van der Waals surface area (Å²) in [5.74, 6) is 0.680. The monoisotopic (exact) mass is 273 g/mol. The van der Waals surface area contributed by atoms with E-state index in [1.54, 1.807) is 7.05 Å². The molecule has 0 saturated carbocycles. The molecule has 2 heterocycles. The van der Waals surface area contributed by atoms with Crippen LogP contribution in [0, 0.1) is 0 Å². The van der Waals surface area contributed by atoms with E-state index in [0.29, 0.717) is 18.8 Å². The van der Waals surface area contributed by atoms with Crippen LogP contribution in [-0.2, 0) is 21.2 Å². The molecule has 1 fully saturated rings. The Labute approximate surface area is 107 Å². The summed E-state index contributed by atoms with van der Waals surface area (Å²) in [7, 11) is -1.91. The maximum Gasteiger partial charge on any atom is 0.259 e. The summed E-state index contributed by atoms with van der Waals surface area (Å²) in [5, 5.41) is 0.153. The quantitative estimate of drug-likeness (QED) is 0.860. The van der Waals surface area contributed by atoms with Gasteiger partial charge in [0.1, 0.15) is 5.82 Å². The fraction of sp³-hybridized carbons (Fsp3) is 0.727. The highest BCUT2D eigenvalue weighted by Gasteiger charge is 2.27. The van der Waals surface area contributed by atoms with Gasteiger partial charge in [0.25, 0.3) is 10.0 Å². The molecular formula is C11H19N3O3S. The summed E-state index contributed by atoms with van der Waals surface area (Å²) in [6.45, 7) is 3.04. The summed E-state index contributed by atoms with van der Waals surface area (Å²) >= 11 is 0. The van der Waals surface area contributed by atoms with Crippen LogP contribution in [0.25, 0.3) is 0 Å². The normalized spacial score (nSPS) is 20.7. The summed E-state index contributed by atoms with van der Waals surface area (Å²) in [6, 6.07) is 0. The number of hydrogen-bond acceptors (Lipinski definition) is 4. The van der Waals surface area contributed by atoms with Gasteiger partial charge >= 0.3 is 0 Å². The third kappa shape index (κ3) is 2.73. The highest BCUT2D eigenvalue weighted by Crippen LogP contribution is 2.17. The van der Waals surface area contributed by atoms with Gasteiger partial charge < -0.3 is 9.72 Å². The van der Waals surface area contributed by atoms with Gasteiger partial charge in [-0.3, -0.25) is 0 Å². The number of likely N-dealkylation sites (N-methyl/N-ethyl adjacent to an activating group) is 1. The average Bonchev–Trinajstić information content (AvgIpc) is 2.99. The molecule has 2 rings (SSSR count). The first kappa shape index (κ1) is 13.5. The molecule has 1 aliphatic heterocycles. The van der Waals surface area contributed by atoms with E-state index >= 15 is 0 Å². The number of sulfonamides is 1. The number of hydrogen-bond donors (Lipinski definition) is 1. The molecule has 0 bridgehead atoms. The molecule has 0 aliphatic carbocycles. The van der Waals surface area contributed by atoms with Crippen LogP contribution in [0.15, 0.2) is 11.2 Å². The predicted octanol–water partition coefficient (Wildman–Crippen LogP) is 0.772. The van der Waals surface area contributed by atoms with Crippen molar-refractivity contribution < 1.29 is 13.2 Å². The van der Waals surface area contributed by atoms with Gasteiger partial charge in [0.05, 0.1) is 12.3 Å². The van der Waals surface area contributed by atoms with E-state index in [4.69, 9.17) is 4.74 Å². The molecule has 1 N–H and O–H groups in total. The Hall–Kier alpha value is -0.920. The number of rotatable bonds is 5. The van der Waals surface area contributed by atoms with Crippen molar-refractivity contribution in [1.82, 2.24) is 14.3 Å². The van der Waals surface area contributed by atoms with E-state index in [2.05, 4.69) is 9.97 Å². The van der Waals surface area contributed by atoms with Crippen molar-refractivity contribution in [2.24, 2.45) is 0 Å². The fourth-order valence-electron chi connectivity index (χ4n) is 2.00. The molecule has 0 radical (unpaired) electrons. The van der Waals surface area contributed by atoms with E-state index < -0.39 is 10.0 Å². The predicted molar refractivity (Wildman–Crippen MR) is 66.8 cm³/mol. The molecule has 1 aromatic heterocycles. The SMILES string of the molecule is CCc1ncc(S(=O)(=O)N(C)CC2CCCO2)[nH]1. The molecule has 102 valence electrons. The molecule has 1 atom stereocenters. The second-order valence-electron chi connectivity index (χ2n) is 4.47. The van der Waals surface area contributed by atoms with Crippen LogP contribution in [0.5, 0.6) is 0 Å². The number of nitrogens with one attached hydrogen (secondary N) is 1. The summed E-state index contributed by atoms with van der Waals surface area (Å²) < 4.78 is 31.3. The van der Waals surface area contributed by atoms with Gasteiger partial charge in [-0.1, -0.05) is 6.92 Å². The van der Waals surface area contributed by atoms with E-state index in [1.807, 2.05) is 6.92 Å². The lowest BCUT2D eigenvalue weighted by Gasteiger charge is -2.19. The zero-order valence-corrected chi connectivity index (χ0v) is 11.5. The Balaban J connectivity index is 2.09. The first-order valence-corrected chi connectivity index (χ1v) is 7.60. The summed E-state index contributed by atoms with van der Waals surface area (Å²) in [4.78, 5) is 6.85. The third-order valence-electron chi connectivity index (χ3n) is 3.11. The van der Waals surface area contributed by atoms with Crippen molar-refractivity contribution in [3.63, 3.8) is 0 Å². The van der Waals surface area contributed by atoms with Crippen molar-refractivity contribution in [2.45, 2.75) is 37.3 Å². The molecule has 1 saturated heterocycles. The van der Waals surface area contributed by atoms with E-state index in [1.165, 1.54) is 10.5 Å². The maximum absolute atomic E-state index is 12.2. The van der Waals surface area contributed by atoms with E-state index in [0.717, 1.165) is 19.4 Å². The summed E-state index contributed by atoms with van der Waals surface area (Å²) in [6.07, 6.45) is 4.00. The lowest BCUT2D eigenvalue weighted by atomic mass is 10.2. The first-order chi connectivity index (χ1) is 8.54. The van der Waals surface area contributed by atoms with Crippen LogP contribution in [0.4, 0.5) is 0 Å². The average molecular weight is 273 g/mol. The highest BCUT2D eigenvalue weighted by molar-refractivity contribution is 7.89. The maximum atomic E-state index is 12.2. The van der Waals surface area contributed by atoms with Crippen molar-refractivity contribution in [1.29, 1.82) is 0 Å². The second-order valence-corrected chi connectivity index (χ2v) is 6.48. The number of aromatic amines is 1. The van der Waals surface area contributed by atoms with E-state index in [9.17, 15) is 8.42 Å². The van der Waals surface area contributed by atoms with Crippen LogP contribution in [0.2, 0.25) is 0 Å². The molecule has 0 aromatic carbocycles. The molecule has 6 nitrogen and oxygen atoms in total. The molecule has 1 aromatic rings. The van der Waals surface area contributed by atoms with Crippen LogP contribution in [0.3, 0.4) is 0 Å². The molecule has 1 aliphatic rings. The van der Waals surface area contributed by atoms with Gasteiger partial charge in [0.2, 0.25) is 0 Å². The fourth-order valence-corrected chi connectivity index (χ4v) is 3.13. The van der Waals surface area contributed by atoms with E-state index in [-0.39, 0.29) is 11.1 Å². The zero-order valence-electron chi connectivity index (χ0n) is 10.7. The second kappa shape index (κ2) is 5.38. The van der Waals surface area contributed by atoms with Gasteiger partial charge in [-0.15, -0.1) is 0 Å². The standard InChI is InChI=1S/C11H19N3O3S/c1-3-10-12-7-11(13-10)18(15,16)14(2)8-9-5-4-6-17-9/h7,9H,3-6,8H2,1-2H3,(H,12,13). The van der Waals surface area contributed by atoms with Crippen LogP contribution in [-0.4, -0.2) is 49.0 Å². The van der Waals surface area contributed by atoms with Crippen molar-refractivity contribution in [3.05, 3.63) is 12.0 Å². The Morgan fingerprint density at radius 3 is 2.94 bits per heavy atom. The third-order valence-corrected chi connectivity index (χ3v) is 4.85. The Kier molecular flexibility index (Phi) is 4.04. The number of aromatic nitrogens is 2. The largest absolute Gasteiger partial charge is 0.377 e. The minimum Gasteiger partial charge on any atom is -0.377 e. The van der Waals surface area contributed by atoms with Gasteiger partial charge in [-0.25, -0.2) is 13.4 Å². The Bertz CT molecular complexity index is 491. The van der Waals surface area contributed by atoms with Crippen LogP contribution >= 0.6 is 0 Å². The number of aryl methyl sites for hydroxylation is 1. The molecule has 0 amide bonds. The molecular weight excluding hydrogens is 254 g/mol. The zero-order chi connectivity index (χ0) is 13.2. The lowest BCUT2D eigenvalue weighted by Crippen LogP contribution is -2.34. The van der Waals surface area contributed by atoms with Gasteiger partial charge in [0.15, 0.2) is 5.03 Å². The molecule has 18 heavy (non-hydrogen) atoms. The Morgan fingerprint density at radius 1 is 1.61 bits per heavy atom. The minimum atomic E-state index is -3.48. The lowest BCUT2D eigenvalue weighted by molar-refractivity contribution is 0.0978. The smallest absolute Gasteiger partial charge is 0.259 e. The molecule has 1 unspecified atom stereocenters. The van der Waals surface area contributed by atoms with Crippen molar-refractivity contribution in [3.8, 4) is 0 Å². The number of nitrogens with zero attached hydrogens (tertiary/aromatic N) is 2. The van der Waals surface area contributed by atoms with Crippen LogP contribution < -0.4 is 0 Å². The topological polar surface area (TPSA) is 75.3 Å². The molecule has 0 spiro atoms. The molecule has 7 heteroatoms. The number of imidazole rings is 1. The van der Waals surface area contributed by atoms with Gasteiger partial charge in [0, 0.05) is 26.6 Å². The van der Waals surface area contributed by atoms with Crippen LogP contribution in [0.1, 0.15) is 25.6 Å². The Morgan fingerprint density at radius 2 is 2.39 bits per heavy atom. The minimum absolute atomic E-state index is 0.0124. The van der Waals surface area contributed by atoms with Crippen molar-refractivity contribution >= 4 is 10.0 Å². The summed E-state index contributed by atoms with van der Waals surface area (Å²) in [5.41, 5.74) is 0. The number of H-pyrrole nitrogens is 1. The van der Waals surface area contributed by atoms with Gasteiger partial charge in [-0.2, -0.15) is 4.31 Å². The van der Waals surface area contributed by atoms with Crippen molar-refractivity contribution in [2.75, 3.05) is 20.2 Å². The van der Waals surface area contributed by atoms with Gasteiger partial charge in [-0.05, 0) is 12.8 Å².